The molecule has 1 aromatic heterocycles. The fourth-order valence-corrected chi connectivity index (χ4v) is 5.11. The molecule has 6 heteroatoms. The second-order valence-electron chi connectivity index (χ2n) is 8.27. The SMILES string of the molecule is COc1ccc2c3c([nH]c2c1)[C@H](C=C(C)C)N1C(=O)[C@@H]2CCCN2C(=O)[C@@H]1C3. The number of benzene rings is 1. The van der Waals surface area contributed by atoms with Crippen molar-refractivity contribution in [1.29, 1.82) is 0 Å². The summed E-state index contributed by atoms with van der Waals surface area (Å²) in [6.45, 7) is 4.77. The van der Waals surface area contributed by atoms with Gasteiger partial charge in [0.15, 0.2) is 0 Å². The van der Waals surface area contributed by atoms with Crippen LogP contribution in [0.2, 0.25) is 0 Å². The molecule has 5 rings (SSSR count). The first-order chi connectivity index (χ1) is 13.5. The van der Waals surface area contributed by atoms with E-state index in [0.29, 0.717) is 13.0 Å². The average molecular weight is 379 g/mol. The van der Waals surface area contributed by atoms with E-state index < -0.39 is 6.04 Å². The molecule has 2 saturated heterocycles. The highest BCUT2D eigenvalue weighted by atomic mass is 16.5. The first-order valence-corrected chi connectivity index (χ1v) is 9.95. The van der Waals surface area contributed by atoms with Crippen LogP contribution >= 0.6 is 0 Å². The molecule has 0 radical (unpaired) electrons. The molecule has 2 amide bonds. The van der Waals surface area contributed by atoms with E-state index in [-0.39, 0.29) is 23.9 Å². The summed E-state index contributed by atoms with van der Waals surface area (Å²) in [4.78, 5) is 33.8. The maximum atomic E-state index is 13.4. The highest BCUT2D eigenvalue weighted by molar-refractivity contribution is 5.99. The van der Waals surface area contributed by atoms with Crippen molar-refractivity contribution in [2.75, 3.05) is 13.7 Å². The lowest BCUT2D eigenvalue weighted by molar-refractivity contribution is -0.162. The van der Waals surface area contributed by atoms with E-state index in [2.05, 4.69) is 11.1 Å². The lowest BCUT2D eigenvalue weighted by Crippen LogP contribution is -2.65. The Kier molecular flexibility index (Phi) is 3.79. The molecule has 28 heavy (non-hydrogen) atoms. The maximum absolute atomic E-state index is 13.4. The van der Waals surface area contributed by atoms with Gasteiger partial charge < -0.3 is 19.5 Å². The topological polar surface area (TPSA) is 65.6 Å². The van der Waals surface area contributed by atoms with E-state index in [9.17, 15) is 9.59 Å². The molecular weight excluding hydrogens is 354 g/mol. The molecule has 6 nitrogen and oxygen atoms in total. The molecule has 3 atom stereocenters. The van der Waals surface area contributed by atoms with Crippen molar-refractivity contribution in [1.82, 2.24) is 14.8 Å². The number of hydrogen-bond acceptors (Lipinski definition) is 3. The number of fused-ring (bicyclic) bond motifs is 5. The number of carbonyl (C=O) groups excluding carboxylic acids is 2. The lowest BCUT2D eigenvalue weighted by atomic mass is 9.87. The number of allylic oxidation sites excluding steroid dienone is 1. The minimum absolute atomic E-state index is 0.0893. The van der Waals surface area contributed by atoms with E-state index in [1.165, 1.54) is 0 Å². The Hall–Kier alpha value is -2.76. The van der Waals surface area contributed by atoms with Crippen molar-refractivity contribution in [2.45, 2.75) is 51.2 Å². The summed E-state index contributed by atoms with van der Waals surface area (Å²) in [5, 5.41) is 1.10. The molecule has 1 aromatic carbocycles. The van der Waals surface area contributed by atoms with E-state index in [1.54, 1.807) is 7.11 Å². The number of rotatable bonds is 2. The van der Waals surface area contributed by atoms with Crippen molar-refractivity contribution in [2.24, 2.45) is 0 Å². The van der Waals surface area contributed by atoms with Gasteiger partial charge in [-0.2, -0.15) is 0 Å². The smallest absolute Gasteiger partial charge is 0.246 e. The van der Waals surface area contributed by atoms with Gasteiger partial charge in [0, 0.05) is 35.6 Å². The highest BCUT2D eigenvalue weighted by Crippen LogP contribution is 2.43. The molecule has 0 saturated carbocycles. The van der Waals surface area contributed by atoms with Crippen LogP contribution in [0.5, 0.6) is 5.75 Å². The predicted octanol–water partition coefficient (Wildman–Crippen LogP) is 2.94. The van der Waals surface area contributed by atoms with Crippen LogP contribution in [0, 0.1) is 0 Å². The molecule has 0 bridgehead atoms. The zero-order valence-electron chi connectivity index (χ0n) is 16.5. The maximum Gasteiger partial charge on any atom is 0.246 e. The summed E-state index contributed by atoms with van der Waals surface area (Å²) in [6, 6.07) is 5.03. The van der Waals surface area contributed by atoms with Gasteiger partial charge in [-0.1, -0.05) is 11.6 Å². The van der Waals surface area contributed by atoms with Crippen molar-refractivity contribution >= 4 is 22.7 Å². The summed E-state index contributed by atoms with van der Waals surface area (Å²) in [7, 11) is 1.65. The number of methoxy groups -OCH3 is 1. The number of nitrogens with one attached hydrogen (secondary N) is 1. The van der Waals surface area contributed by atoms with E-state index in [1.807, 2.05) is 41.8 Å². The van der Waals surface area contributed by atoms with Crippen LogP contribution in [0.1, 0.15) is 44.0 Å². The van der Waals surface area contributed by atoms with Gasteiger partial charge in [-0.05, 0) is 44.4 Å². The summed E-state index contributed by atoms with van der Waals surface area (Å²) in [6.07, 6.45) is 4.34. The second-order valence-corrected chi connectivity index (χ2v) is 8.27. The fraction of sp³-hybridized carbons (Fsp3) is 0.455. The number of carbonyl (C=O) groups is 2. The van der Waals surface area contributed by atoms with Gasteiger partial charge in [0.25, 0.3) is 0 Å². The third-order valence-electron chi connectivity index (χ3n) is 6.33. The first-order valence-electron chi connectivity index (χ1n) is 9.95. The van der Waals surface area contributed by atoms with Gasteiger partial charge in [0.2, 0.25) is 11.8 Å². The van der Waals surface area contributed by atoms with Crippen LogP contribution < -0.4 is 4.74 Å². The van der Waals surface area contributed by atoms with Crippen LogP contribution in [-0.4, -0.2) is 52.3 Å². The Bertz CT molecular complexity index is 1020. The molecule has 4 heterocycles. The zero-order valence-corrected chi connectivity index (χ0v) is 16.5. The Balaban J connectivity index is 1.70. The van der Waals surface area contributed by atoms with Gasteiger partial charge in [0.1, 0.15) is 17.8 Å². The van der Waals surface area contributed by atoms with Crippen molar-refractivity contribution in [3.8, 4) is 5.75 Å². The first kappa shape index (κ1) is 17.3. The number of H-pyrrole nitrogens is 1. The summed E-state index contributed by atoms with van der Waals surface area (Å²) < 4.78 is 5.37. The third-order valence-corrected chi connectivity index (χ3v) is 6.33. The van der Waals surface area contributed by atoms with Gasteiger partial charge in [-0.15, -0.1) is 0 Å². The number of piperazine rings is 1. The quantitative estimate of drug-likeness (QED) is 0.816. The van der Waals surface area contributed by atoms with E-state index in [0.717, 1.165) is 46.3 Å². The summed E-state index contributed by atoms with van der Waals surface area (Å²) in [5.74, 6) is 0.977. The van der Waals surface area contributed by atoms with Crippen LogP contribution in [0.25, 0.3) is 10.9 Å². The second kappa shape index (κ2) is 6.12. The minimum Gasteiger partial charge on any atom is -0.497 e. The van der Waals surface area contributed by atoms with Crippen LogP contribution in [0.3, 0.4) is 0 Å². The number of ether oxygens (including phenoxy) is 1. The monoisotopic (exact) mass is 379 g/mol. The van der Waals surface area contributed by atoms with E-state index >= 15 is 0 Å². The molecule has 3 aliphatic rings. The van der Waals surface area contributed by atoms with Gasteiger partial charge in [0.05, 0.1) is 13.2 Å². The average Bonchev–Trinajstić information content (AvgIpc) is 3.30. The van der Waals surface area contributed by atoms with E-state index in [4.69, 9.17) is 4.74 Å². The molecule has 3 aliphatic heterocycles. The molecule has 2 aromatic rings. The number of hydrogen-bond donors (Lipinski definition) is 1. The van der Waals surface area contributed by atoms with Crippen molar-refractivity contribution in [3.63, 3.8) is 0 Å². The normalized spacial score (nSPS) is 26.2. The minimum atomic E-state index is -0.420. The molecular formula is C22H25N3O3. The van der Waals surface area contributed by atoms with Gasteiger partial charge in [-0.3, -0.25) is 9.59 Å². The number of aromatic nitrogens is 1. The molecule has 0 aliphatic carbocycles. The third kappa shape index (κ3) is 2.33. The number of nitrogens with zero attached hydrogens (tertiary/aromatic N) is 2. The highest BCUT2D eigenvalue weighted by Gasteiger charge is 2.52. The number of aromatic amines is 1. The fourth-order valence-electron chi connectivity index (χ4n) is 5.11. The van der Waals surface area contributed by atoms with Crippen LogP contribution in [0.4, 0.5) is 0 Å². The zero-order chi connectivity index (χ0) is 19.6. The van der Waals surface area contributed by atoms with Crippen LogP contribution in [-0.2, 0) is 16.0 Å². The summed E-state index contributed by atoms with van der Waals surface area (Å²) >= 11 is 0. The van der Waals surface area contributed by atoms with Crippen LogP contribution in [0.15, 0.2) is 29.8 Å². The molecule has 146 valence electrons. The molecule has 0 unspecified atom stereocenters. The molecule has 1 N–H and O–H groups in total. The lowest BCUT2D eigenvalue weighted by Gasteiger charge is -2.47. The van der Waals surface area contributed by atoms with Gasteiger partial charge >= 0.3 is 0 Å². The largest absolute Gasteiger partial charge is 0.497 e. The Morgan fingerprint density at radius 1 is 1.21 bits per heavy atom. The standard InChI is InChI=1S/C22H25N3O3/c1-12(2)9-18-20-15(14-7-6-13(28-3)10-16(14)23-20)11-19-21(26)24-8-4-5-17(24)22(27)25(18)19/h6-7,9-10,17-19,23H,4-5,8,11H2,1-3H3/t17-,18-,19-/m0/s1. The predicted molar refractivity (Wildman–Crippen MR) is 106 cm³/mol. The Labute approximate surface area is 164 Å². The van der Waals surface area contributed by atoms with Crippen molar-refractivity contribution in [3.05, 3.63) is 41.1 Å². The summed E-state index contributed by atoms with van der Waals surface area (Å²) in [5.41, 5.74) is 4.27. The molecule has 2 fully saturated rings. The van der Waals surface area contributed by atoms with Gasteiger partial charge in [-0.25, -0.2) is 0 Å². The molecule has 0 spiro atoms. The van der Waals surface area contributed by atoms with Crippen molar-refractivity contribution < 1.29 is 14.3 Å². The Morgan fingerprint density at radius 2 is 2.04 bits per heavy atom. The Morgan fingerprint density at radius 3 is 2.79 bits per heavy atom. The number of amides is 2.